The highest BCUT2D eigenvalue weighted by atomic mass is 16.5. The van der Waals surface area contributed by atoms with Gasteiger partial charge in [0.2, 0.25) is 11.8 Å². The first-order chi connectivity index (χ1) is 8.55. The zero-order valence-corrected chi connectivity index (χ0v) is 11.5. The quantitative estimate of drug-likeness (QED) is 0.785. The molecule has 0 aromatic carbocycles. The van der Waals surface area contributed by atoms with E-state index in [0.717, 1.165) is 18.5 Å². The summed E-state index contributed by atoms with van der Waals surface area (Å²) in [5.74, 6) is 3.81. The van der Waals surface area contributed by atoms with E-state index in [1.807, 2.05) is 26.8 Å². The number of hydrogen-bond donors (Lipinski definition) is 1. The van der Waals surface area contributed by atoms with Gasteiger partial charge in [-0.3, -0.25) is 0 Å². The van der Waals surface area contributed by atoms with Crippen LogP contribution >= 0.6 is 0 Å². The average molecular weight is 247 g/mol. The lowest BCUT2D eigenvalue weighted by Crippen LogP contribution is -2.19. The van der Waals surface area contributed by atoms with Gasteiger partial charge in [-0.2, -0.15) is 4.98 Å². The minimum absolute atomic E-state index is 0.0382. The van der Waals surface area contributed by atoms with Gasteiger partial charge in [-0.05, 0) is 27.2 Å². The molecule has 1 atom stereocenters. The van der Waals surface area contributed by atoms with Crippen molar-refractivity contribution in [3.05, 3.63) is 11.8 Å². The van der Waals surface area contributed by atoms with Crippen LogP contribution in [0.5, 0.6) is 5.88 Å². The normalized spacial score (nSPS) is 12.0. The monoisotopic (exact) mass is 247 g/mol. The lowest BCUT2D eigenvalue weighted by atomic mass is 10.2. The molecule has 98 valence electrons. The van der Waals surface area contributed by atoms with Gasteiger partial charge in [0.1, 0.15) is 0 Å². The molecule has 4 nitrogen and oxygen atoms in total. The van der Waals surface area contributed by atoms with Crippen molar-refractivity contribution in [3.8, 4) is 18.2 Å². The minimum Gasteiger partial charge on any atom is -0.475 e. The summed E-state index contributed by atoms with van der Waals surface area (Å²) in [6.07, 6.45) is 7.47. The topological polar surface area (TPSA) is 47.0 Å². The summed E-state index contributed by atoms with van der Waals surface area (Å²) in [6.45, 7) is 7.93. The first kappa shape index (κ1) is 14.3. The van der Waals surface area contributed by atoms with E-state index in [1.54, 1.807) is 0 Å². The van der Waals surface area contributed by atoms with Gasteiger partial charge in [-0.15, -0.1) is 6.42 Å². The number of nitrogens with one attached hydrogen (secondary N) is 1. The van der Waals surface area contributed by atoms with Gasteiger partial charge in [0.15, 0.2) is 0 Å². The molecule has 1 N–H and O–H groups in total. The summed E-state index contributed by atoms with van der Waals surface area (Å²) >= 11 is 0. The zero-order chi connectivity index (χ0) is 13.5. The van der Waals surface area contributed by atoms with Crippen molar-refractivity contribution in [3.63, 3.8) is 0 Å². The summed E-state index contributed by atoms with van der Waals surface area (Å²) in [6, 6.07) is 1.78. The van der Waals surface area contributed by atoms with Crippen LogP contribution in [0.4, 0.5) is 5.95 Å². The van der Waals surface area contributed by atoms with Crippen LogP contribution in [0.1, 0.15) is 39.3 Å². The van der Waals surface area contributed by atoms with Gasteiger partial charge in [-0.25, -0.2) is 4.98 Å². The number of terminal acetylenes is 1. The molecule has 0 aliphatic heterocycles. The van der Waals surface area contributed by atoms with E-state index in [9.17, 15) is 0 Å². The smallest absolute Gasteiger partial charge is 0.227 e. The fourth-order valence-electron chi connectivity index (χ4n) is 1.55. The molecule has 0 aliphatic carbocycles. The van der Waals surface area contributed by atoms with E-state index >= 15 is 0 Å². The van der Waals surface area contributed by atoms with Crippen molar-refractivity contribution in [1.82, 2.24) is 9.97 Å². The maximum absolute atomic E-state index is 5.57. The molecule has 0 bridgehead atoms. The Morgan fingerprint density at radius 2 is 2.17 bits per heavy atom. The second-order valence-electron chi connectivity index (χ2n) is 4.49. The molecular weight excluding hydrogens is 226 g/mol. The van der Waals surface area contributed by atoms with Crippen molar-refractivity contribution < 1.29 is 4.74 Å². The van der Waals surface area contributed by atoms with Gasteiger partial charge in [0, 0.05) is 11.8 Å². The van der Waals surface area contributed by atoms with E-state index in [0.29, 0.717) is 11.8 Å². The van der Waals surface area contributed by atoms with Gasteiger partial charge in [-0.1, -0.05) is 19.3 Å². The zero-order valence-electron chi connectivity index (χ0n) is 11.5. The van der Waals surface area contributed by atoms with Crippen LogP contribution in [0.3, 0.4) is 0 Å². The third-order valence-electron chi connectivity index (χ3n) is 2.27. The molecule has 18 heavy (non-hydrogen) atoms. The third kappa shape index (κ3) is 4.62. The summed E-state index contributed by atoms with van der Waals surface area (Å²) in [7, 11) is 0. The van der Waals surface area contributed by atoms with Crippen molar-refractivity contribution in [2.24, 2.45) is 0 Å². The van der Waals surface area contributed by atoms with Crippen LogP contribution in [0.25, 0.3) is 0 Å². The van der Waals surface area contributed by atoms with Crippen LogP contribution in [0.2, 0.25) is 0 Å². The standard InChI is InChI=1S/C14H21N3O/c1-6-8-12(7-2)16-14-15-11(5)9-13(17-14)18-10(3)4/h2,9-10,12H,6,8H2,1,3-5H3,(H,15,16,17). The molecule has 0 spiro atoms. The van der Waals surface area contributed by atoms with Crippen molar-refractivity contribution in [1.29, 1.82) is 0 Å². The molecule has 1 aromatic heterocycles. The summed E-state index contributed by atoms with van der Waals surface area (Å²) in [5.41, 5.74) is 0.857. The Bertz CT molecular complexity index is 424. The van der Waals surface area contributed by atoms with Crippen molar-refractivity contribution >= 4 is 5.95 Å². The molecule has 1 unspecified atom stereocenters. The largest absolute Gasteiger partial charge is 0.475 e. The van der Waals surface area contributed by atoms with Crippen molar-refractivity contribution in [2.75, 3.05) is 5.32 Å². The third-order valence-corrected chi connectivity index (χ3v) is 2.27. The highest BCUT2D eigenvalue weighted by Gasteiger charge is 2.08. The summed E-state index contributed by atoms with van der Waals surface area (Å²) in [4.78, 5) is 8.62. The number of anilines is 1. The predicted molar refractivity (Wildman–Crippen MR) is 73.7 cm³/mol. The van der Waals surface area contributed by atoms with E-state index in [4.69, 9.17) is 11.2 Å². The fourth-order valence-corrected chi connectivity index (χ4v) is 1.55. The summed E-state index contributed by atoms with van der Waals surface area (Å²) < 4.78 is 5.57. The SMILES string of the molecule is C#CC(CCC)Nc1nc(C)cc(OC(C)C)n1. The molecule has 4 heteroatoms. The number of rotatable bonds is 6. The molecule has 0 aliphatic rings. The molecule has 0 fully saturated rings. The molecule has 1 aromatic rings. The number of ether oxygens (including phenoxy) is 1. The lowest BCUT2D eigenvalue weighted by molar-refractivity contribution is 0.232. The van der Waals surface area contributed by atoms with E-state index in [-0.39, 0.29) is 12.1 Å². The number of aromatic nitrogens is 2. The highest BCUT2D eigenvalue weighted by Crippen LogP contribution is 2.14. The molecule has 1 rings (SSSR count). The summed E-state index contributed by atoms with van der Waals surface area (Å²) in [5, 5.41) is 3.15. The van der Waals surface area contributed by atoms with E-state index in [1.165, 1.54) is 0 Å². The number of aryl methyl sites for hydroxylation is 1. The molecule has 0 saturated carbocycles. The first-order valence-corrected chi connectivity index (χ1v) is 6.30. The Hall–Kier alpha value is -1.76. The van der Waals surface area contributed by atoms with E-state index < -0.39 is 0 Å². The molecule has 0 radical (unpaired) electrons. The second-order valence-corrected chi connectivity index (χ2v) is 4.49. The van der Waals surface area contributed by atoms with Crippen molar-refractivity contribution in [2.45, 2.75) is 52.7 Å². The number of nitrogens with zero attached hydrogens (tertiary/aromatic N) is 2. The lowest BCUT2D eigenvalue weighted by Gasteiger charge is -2.14. The van der Waals surface area contributed by atoms with Crippen LogP contribution in [0, 0.1) is 19.3 Å². The van der Waals surface area contributed by atoms with Gasteiger partial charge < -0.3 is 10.1 Å². The van der Waals surface area contributed by atoms with Crippen LogP contribution in [-0.2, 0) is 0 Å². The van der Waals surface area contributed by atoms with Gasteiger partial charge in [0.05, 0.1) is 12.1 Å². The Labute approximate surface area is 109 Å². The Morgan fingerprint density at radius 1 is 1.44 bits per heavy atom. The molecule has 0 amide bonds. The molecule has 1 heterocycles. The van der Waals surface area contributed by atoms with Crippen LogP contribution < -0.4 is 10.1 Å². The molecule has 0 saturated heterocycles. The van der Waals surface area contributed by atoms with Gasteiger partial charge in [0.25, 0.3) is 0 Å². The van der Waals surface area contributed by atoms with Crippen LogP contribution in [-0.4, -0.2) is 22.1 Å². The number of hydrogen-bond acceptors (Lipinski definition) is 4. The Morgan fingerprint density at radius 3 is 2.72 bits per heavy atom. The fraction of sp³-hybridized carbons (Fsp3) is 0.571. The second kappa shape index (κ2) is 6.85. The Balaban J connectivity index is 2.82. The van der Waals surface area contributed by atoms with Crippen LogP contribution in [0.15, 0.2) is 6.07 Å². The predicted octanol–water partition coefficient (Wildman–Crippen LogP) is 2.79. The maximum Gasteiger partial charge on any atom is 0.227 e. The van der Waals surface area contributed by atoms with E-state index in [2.05, 4.69) is 28.1 Å². The minimum atomic E-state index is -0.0382. The van der Waals surface area contributed by atoms with Gasteiger partial charge >= 0.3 is 0 Å². The Kier molecular flexibility index (Phi) is 5.44. The molecular formula is C14H21N3O. The average Bonchev–Trinajstić information content (AvgIpc) is 2.26. The highest BCUT2D eigenvalue weighted by molar-refractivity contribution is 5.34. The first-order valence-electron chi connectivity index (χ1n) is 6.30. The maximum atomic E-state index is 5.57.